The Morgan fingerprint density at radius 1 is 1.00 bits per heavy atom. The van der Waals surface area contributed by atoms with E-state index >= 15 is 0 Å². The molecule has 2 rings (SSSR count). The van der Waals surface area contributed by atoms with E-state index in [1.165, 1.54) is 11.9 Å². The van der Waals surface area contributed by atoms with Gasteiger partial charge in [-0.25, -0.2) is 13.2 Å². The van der Waals surface area contributed by atoms with Crippen LogP contribution in [0.1, 0.15) is 21.5 Å². The summed E-state index contributed by atoms with van der Waals surface area (Å²) in [5.74, 6) is -4.96. The minimum atomic E-state index is -1.58. The number of carbonyl (C=O) groups is 1. The fourth-order valence-electron chi connectivity index (χ4n) is 2.16. The Morgan fingerprint density at radius 2 is 1.57 bits per heavy atom. The number of carbonyl (C=O) groups excluding carboxylic acids is 1. The Kier molecular flexibility index (Phi) is 4.02. The molecule has 0 aliphatic heterocycles. The molecule has 1 amide bonds. The first kappa shape index (κ1) is 15.1. The van der Waals surface area contributed by atoms with Gasteiger partial charge in [-0.15, -0.1) is 0 Å². The molecule has 0 atom stereocenters. The smallest absolute Gasteiger partial charge is 0.258 e. The quantitative estimate of drug-likeness (QED) is 0.766. The predicted octanol–water partition coefficient (Wildman–Crippen LogP) is 4.00. The lowest BCUT2D eigenvalue weighted by molar-refractivity contribution is 0.0991. The Bertz CT molecular complexity index is 690. The first-order chi connectivity index (χ1) is 9.81. The van der Waals surface area contributed by atoms with Crippen molar-refractivity contribution in [1.29, 1.82) is 0 Å². The van der Waals surface area contributed by atoms with Crippen LogP contribution in [0.3, 0.4) is 0 Å². The molecule has 0 radical (unpaired) electrons. The van der Waals surface area contributed by atoms with Gasteiger partial charge in [0.1, 0.15) is 0 Å². The number of anilines is 1. The van der Waals surface area contributed by atoms with Crippen LogP contribution >= 0.6 is 0 Å². The van der Waals surface area contributed by atoms with Gasteiger partial charge in [0.25, 0.3) is 5.91 Å². The maximum absolute atomic E-state index is 13.2. The second-order valence-electron chi connectivity index (χ2n) is 4.91. The van der Waals surface area contributed by atoms with E-state index in [4.69, 9.17) is 0 Å². The van der Waals surface area contributed by atoms with Crippen LogP contribution in [-0.4, -0.2) is 13.0 Å². The minimum absolute atomic E-state index is 0.242. The second kappa shape index (κ2) is 5.60. The number of halogens is 3. The van der Waals surface area contributed by atoms with Gasteiger partial charge in [0.05, 0.1) is 0 Å². The van der Waals surface area contributed by atoms with Gasteiger partial charge in [-0.1, -0.05) is 17.7 Å². The Balaban J connectivity index is 2.39. The number of nitrogens with zero attached hydrogens (tertiary/aromatic N) is 1. The highest BCUT2D eigenvalue weighted by atomic mass is 19.2. The van der Waals surface area contributed by atoms with E-state index in [9.17, 15) is 18.0 Å². The van der Waals surface area contributed by atoms with Crippen molar-refractivity contribution >= 4 is 11.6 Å². The third kappa shape index (κ3) is 2.91. The summed E-state index contributed by atoms with van der Waals surface area (Å²) in [4.78, 5) is 13.5. The summed E-state index contributed by atoms with van der Waals surface area (Å²) >= 11 is 0. The fourth-order valence-corrected chi connectivity index (χ4v) is 2.16. The fraction of sp³-hybridized carbons (Fsp3) is 0.188. The van der Waals surface area contributed by atoms with Crippen LogP contribution in [-0.2, 0) is 0 Å². The summed E-state index contributed by atoms with van der Waals surface area (Å²) in [7, 11) is 1.50. The lowest BCUT2D eigenvalue weighted by atomic mass is 10.1. The molecule has 2 nitrogen and oxygen atoms in total. The molecule has 2 aromatic rings. The Labute approximate surface area is 120 Å². The van der Waals surface area contributed by atoms with Gasteiger partial charge in [0.15, 0.2) is 17.5 Å². The summed E-state index contributed by atoms with van der Waals surface area (Å²) in [6, 6.07) is 6.86. The molecule has 0 bridgehead atoms. The topological polar surface area (TPSA) is 20.3 Å². The Hall–Kier alpha value is -2.30. The van der Waals surface area contributed by atoms with Crippen molar-refractivity contribution in [3.8, 4) is 0 Å². The van der Waals surface area contributed by atoms with Gasteiger partial charge in [0, 0.05) is 18.3 Å². The first-order valence-corrected chi connectivity index (χ1v) is 6.31. The van der Waals surface area contributed by atoms with Crippen molar-refractivity contribution in [3.05, 3.63) is 64.5 Å². The summed E-state index contributed by atoms with van der Waals surface area (Å²) in [6.45, 7) is 3.75. The second-order valence-corrected chi connectivity index (χ2v) is 4.91. The molecule has 0 fully saturated rings. The van der Waals surface area contributed by atoms with Crippen molar-refractivity contribution in [2.45, 2.75) is 13.8 Å². The highest BCUT2D eigenvalue weighted by Gasteiger charge is 2.19. The van der Waals surface area contributed by atoms with Gasteiger partial charge in [-0.3, -0.25) is 4.79 Å². The number of hydrogen-bond acceptors (Lipinski definition) is 1. The van der Waals surface area contributed by atoms with Gasteiger partial charge < -0.3 is 4.90 Å². The molecule has 0 spiro atoms. The van der Waals surface area contributed by atoms with E-state index < -0.39 is 23.4 Å². The molecule has 0 unspecified atom stereocenters. The van der Waals surface area contributed by atoms with Gasteiger partial charge in [0.2, 0.25) is 0 Å². The molecular formula is C16H14F3NO. The monoisotopic (exact) mass is 293 g/mol. The molecule has 0 saturated heterocycles. The van der Waals surface area contributed by atoms with E-state index in [1.54, 1.807) is 6.07 Å². The Morgan fingerprint density at radius 3 is 2.10 bits per heavy atom. The first-order valence-electron chi connectivity index (χ1n) is 6.31. The standard InChI is InChI=1S/C16H14F3NO/c1-9-4-5-14(10(2)6-9)20(3)16(21)11-7-12(17)15(19)13(18)8-11/h4-8H,1-3H3. The molecule has 0 N–H and O–H groups in total. The zero-order chi connectivity index (χ0) is 15.7. The third-order valence-corrected chi connectivity index (χ3v) is 3.25. The van der Waals surface area contributed by atoms with Gasteiger partial charge in [-0.05, 0) is 37.6 Å². The molecule has 5 heteroatoms. The average molecular weight is 293 g/mol. The molecular weight excluding hydrogens is 279 g/mol. The molecule has 0 aliphatic carbocycles. The SMILES string of the molecule is Cc1ccc(N(C)C(=O)c2cc(F)c(F)c(F)c2)c(C)c1. The van der Waals surface area contributed by atoms with E-state index in [-0.39, 0.29) is 5.56 Å². The maximum atomic E-state index is 13.2. The molecule has 2 aromatic carbocycles. The number of aryl methyl sites for hydroxylation is 2. The minimum Gasteiger partial charge on any atom is -0.311 e. The normalized spacial score (nSPS) is 10.6. The number of rotatable bonds is 2. The summed E-state index contributed by atoms with van der Waals surface area (Å²) in [6.07, 6.45) is 0. The highest BCUT2D eigenvalue weighted by Crippen LogP contribution is 2.23. The molecule has 110 valence electrons. The van der Waals surface area contributed by atoms with E-state index in [0.29, 0.717) is 17.8 Å². The van der Waals surface area contributed by atoms with Crippen molar-refractivity contribution in [1.82, 2.24) is 0 Å². The summed E-state index contributed by atoms with van der Waals surface area (Å²) in [5.41, 5.74) is 2.27. The van der Waals surface area contributed by atoms with Crippen molar-refractivity contribution in [3.63, 3.8) is 0 Å². The van der Waals surface area contributed by atoms with Crippen LogP contribution in [0.4, 0.5) is 18.9 Å². The number of benzene rings is 2. The van der Waals surface area contributed by atoms with Crippen LogP contribution in [0.15, 0.2) is 30.3 Å². The largest absolute Gasteiger partial charge is 0.311 e. The van der Waals surface area contributed by atoms with Crippen molar-refractivity contribution in [2.24, 2.45) is 0 Å². The van der Waals surface area contributed by atoms with E-state index in [0.717, 1.165) is 11.1 Å². The van der Waals surface area contributed by atoms with Crippen molar-refractivity contribution in [2.75, 3.05) is 11.9 Å². The van der Waals surface area contributed by atoms with Crippen LogP contribution in [0.2, 0.25) is 0 Å². The zero-order valence-electron chi connectivity index (χ0n) is 11.9. The highest BCUT2D eigenvalue weighted by molar-refractivity contribution is 6.06. The molecule has 0 aliphatic rings. The van der Waals surface area contributed by atoms with Gasteiger partial charge >= 0.3 is 0 Å². The van der Waals surface area contributed by atoms with E-state index in [1.807, 2.05) is 26.0 Å². The third-order valence-electron chi connectivity index (χ3n) is 3.25. The average Bonchev–Trinajstić information content (AvgIpc) is 2.42. The molecule has 0 aromatic heterocycles. The lowest BCUT2D eigenvalue weighted by Crippen LogP contribution is -2.27. The lowest BCUT2D eigenvalue weighted by Gasteiger charge is -2.20. The summed E-state index contributed by atoms with van der Waals surface area (Å²) in [5, 5.41) is 0. The van der Waals surface area contributed by atoms with Crippen LogP contribution in [0.5, 0.6) is 0 Å². The number of amides is 1. The summed E-state index contributed by atoms with van der Waals surface area (Å²) < 4.78 is 39.4. The predicted molar refractivity (Wildman–Crippen MR) is 75.0 cm³/mol. The molecule has 21 heavy (non-hydrogen) atoms. The van der Waals surface area contributed by atoms with Crippen LogP contribution in [0.25, 0.3) is 0 Å². The van der Waals surface area contributed by atoms with E-state index in [2.05, 4.69) is 0 Å². The molecule has 0 heterocycles. The zero-order valence-corrected chi connectivity index (χ0v) is 11.9. The maximum Gasteiger partial charge on any atom is 0.258 e. The van der Waals surface area contributed by atoms with Crippen LogP contribution < -0.4 is 4.90 Å². The van der Waals surface area contributed by atoms with Gasteiger partial charge in [-0.2, -0.15) is 0 Å². The molecule has 0 saturated carbocycles. The number of hydrogen-bond donors (Lipinski definition) is 0. The van der Waals surface area contributed by atoms with Crippen LogP contribution in [0, 0.1) is 31.3 Å². The van der Waals surface area contributed by atoms with Crippen molar-refractivity contribution < 1.29 is 18.0 Å².